The molecule has 1 aliphatic rings. The number of carbonyl (C=O) groups excluding carboxylic acids is 1. The minimum absolute atomic E-state index is 0.201. The summed E-state index contributed by atoms with van der Waals surface area (Å²) < 4.78 is 10.5. The molecule has 0 aliphatic heterocycles. The summed E-state index contributed by atoms with van der Waals surface area (Å²) in [6, 6.07) is 9.47. The van der Waals surface area contributed by atoms with Crippen molar-refractivity contribution in [3.05, 3.63) is 52.8 Å². The quantitative estimate of drug-likeness (QED) is 0.862. The van der Waals surface area contributed by atoms with Crippen molar-refractivity contribution in [2.45, 2.75) is 19.3 Å². The van der Waals surface area contributed by atoms with E-state index in [4.69, 9.17) is 9.47 Å². The molecule has 1 aromatic carbocycles. The molecule has 0 atom stereocenters. The number of carbonyl (C=O) groups is 1. The number of pyridine rings is 1. The summed E-state index contributed by atoms with van der Waals surface area (Å²) in [6.07, 6.45) is 6.29. The van der Waals surface area contributed by atoms with E-state index in [2.05, 4.69) is 4.98 Å². The molecule has 0 amide bonds. The maximum atomic E-state index is 11.8. The van der Waals surface area contributed by atoms with Gasteiger partial charge in [-0.2, -0.15) is 0 Å². The third kappa shape index (κ3) is 3.42. The predicted octanol–water partition coefficient (Wildman–Crippen LogP) is 3.79. The van der Waals surface area contributed by atoms with Crippen LogP contribution >= 0.6 is 0 Å². The Bertz CT molecular complexity index is 743. The minimum atomic E-state index is 0.201. The number of ether oxygens (including phenoxy) is 2. The van der Waals surface area contributed by atoms with Crippen LogP contribution in [0.15, 0.2) is 30.3 Å². The van der Waals surface area contributed by atoms with Gasteiger partial charge in [-0.15, -0.1) is 0 Å². The molecule has 0 N–H and O–H groups in total. The molecule has 0 bridgehead atoms. The first-order chi connectivity index (χ1) is 11.2. The Balaban J connectivity index is 1.87. The number of rotatable bonds is 4. The number of aryl methyl sites for hydroxylation is 1. The van der Waals surface area contributed by atoms with Crippen molar-refractivity contribution in [3.8, 4) is 11.5 Å². The molecule has 2 aromatic rings. The highest BCUT2D eigenvalue weighted by atomic mass is 16.5. The Morgan fingerprint density at radius 1 is 1.00 bits per heavy atom. The van der Waals surface area contributed by atoms with Crippen molar-refractivity contribution < 1.29 is 14.3 Å². The largest absolute Gasteiger partial charge is 0.497 e. The summed E-state index contributed by atoms with van der Waals surface area (Å²) in [6.45, 7) is 0. The molecule has 23 heavy (non-hydrogen) atoms. The van der Waals surface area contributed by atoms with Crippen LogP contribution in [0, 0.1) is 0 Å². The van der Waals surface area contributed by atoms with Crippen LogP contribution in [0.2, 0.25) is 0 Å². The van der Waals surface area contributed by atoms with Gasteiger partial charge >= 0.3 is 0 Å². The van der Waals surface area contributed by atoms with Gasteiger partial charge in [-0.25, -0.2) is 0 Å². The molecule has 4 heteroatoms. The van der Waals surface area contributed by atoms with E-state index in [1.54, 1.807) is 14.2 Å². The lowest BCUT2D eigenvalue weighted by Crippen LogP contribution is -2.12. The molecule has 0 spiro atoms. The van der Waals surface area contributed by atoms with Crippen molar-refractivity contribution in [3.63, 3.8) is 0 Å². The van der Waals surface area contributed by atoms with E-state index in [0.29, 0.717) is 6.42 Å². The number of methoxy groups -OCH3 is 2. The van der Waals surface area contributed by atoms with Crippen molar-refractivity contribution >= 4 is 17.9 Å². The number of aromatic nitrogens is 1. The van der Waals surface area contributed by atoms with Gasteiger partial charge in [-0.1, -0.05) is 6.08 Å². The van der Waals surface area contributed by atoms with Gasteiger partial charge in [0.25, 0.3) is 0 Å². The second-order valence-electron chi connectivity index (χ2n) is 5.49. The Labute approximate surface area is 135 Å². The molecule has 1 aliphatic carbocycles. The lowest BCUT2D eigenvalue weighted by Gasteiger charge is -2.13. The average Bonchev–Trinajstić information content (AvgIpc) is 2.59. The third-order valence-corrected chi connectivity index (χ3v) is 3.93. The third-order valence-electron chi connectivity index (χ3n) is 3.93. The standard InChI is InChI=1S/C19H19NO3/c1-22-15-10-13(11-16(12-15)23-2)6-7-14-8-9-17-18(20-14)4-3-5-19(17)21/h6-12H,3-5H2,1-2H3/b7-6+. The smallest absolute Gasteiger partial charge is 0.164 e. The van der Waals surface area contributed by atoms with Crippen LogP contribution in [0.1, 0.15) is 40.2 Å². The number of nitrogens with zero attached hydrogens (tertiary/aromatic N) is 1. The molecule has 118 valence electrons. The van der Waals surface area contributed by atoms with Crippen LogP contribution in [0.3, 0.4) is 0 Å². The number of Topliss-reactive ketones (excluding diaryl/α,β-unsaturated/α-hetero) is 1. The van der Waals surface area contributed by atoms with Gasteiger partial charge in [-0.3, -0.25) is 9.78 Å². The van der Waals surface area contributed by atoms with E-state index in [1.165, 1.54) is 0 Å². The average molecular weight is 309 g/mol. The zero-order chi connectivity index (χ0) is 16.2. The molecule has 3 rings (SSSR count). The van der Waals surface area contributed by atoms with Gasteiger partial charge in [0.05, 0.1) is 25.6 Å². The normalized spacial score (nSPS) is 13.9. The fourth-order valence-corrected chi connectivity index (χ4v) is 2.71. The summed E-state index contributed by atoms with van der Waals surface area (Å²) >= 11 is 0. The fraction of sp³-hybridized carbons (Fsp3) is 0.263. The molecule has 4 nitrogen and oxygen atoms in total. The van der Waals surface area contributed by atoms with Gasteiger partial charge in [-0.05, 0) is 48.7 Å². The minimum Gasteiger partial charge on any atom is -0.497 e. The first-order valence-corrected chi connectivity index (χ1v) is 7.64. The van der Waals surface area contributed by atoms with Crippen molar-refractivity contribution in [1.29, 1.82) is 0 Å². The molecular formula is C19H19NO3. The van der Waals surface area contributed by atoms with Gasteiger partial charge in [0.15, 0.2) is 5.78 Å². The Hall–Kier alpha value is -2.62. The van der Waals surface area contributed by atoms with Crippen LogP contribution in [0.4, 0.5) is 0 Å². The van der Waals surface area contributed by atoms with Gasteiger partial charge < -0.3 is 9.47 Å². The van der Waals surface area contributed by atoms with Crippen LogP contribution in [0.5, 0.6) is 11.5 Å². The predicted molar refractivity (Wildman–Crippen MR) is 90.0 cm³/mol. The van der Waals surface area contributed by atoms with E-state index in [9.17, 15) is 4.79 Å². The molecular weight excluding hydrogens is 290 g/mol. The Morgan fingerprint density at radius 3 is 2.43 bits per heavy atom. The summed E-state index contributed by atoms with van der Waals surface area (Å²) in [4.78, 5) is 16.4. The van der Waals surface area contributed by atoms with Gasteiger partial charge in [0, 0.05) is 18.1 Å². The van der Waals surface area contributed by atoms with Crippen LogP contribution in [0.25, 0.3) is 12.2 Å². The first-order valence-electron chi connectivity index (χ1n) is 7.64. The van der Waals surface area contributed by atoms with E-state index in [1.807, 2.05) is 42.5 Å². The van der Waals surface area contributed by atoms with Gasteiger partial charge in [0.2, 0.25) is 0 Å². The second kappa shape index (κ2) is 6.65. The zero-order valence-corrected chi connectivity index (χ0v) is 13.3. The summed E-state index contributed by atoms with van der Waals surface area (Å²) in [5, 5.41) is 0. The highest BCUT2D eigenvalue weighted by molar-refractivity contribution is 5.98. The molecule has 1 aromatic heterocycles. The topological polar surface area (TPSA) is 48.4 Å². The molecule has 0 saturated carbocycles. The number of ketones is 1. The lowest BCUT2D eigenvalue weighted by molar-refractivity contribution is 0.0971. The molecule has 0 radical (unpaired) electrons. The van der Waals surface area contributed by atoms with Crippen LogP contribution in [-0.2, 0) is 6.42 Å². The maximum Gasteiger partial charge on any atom is 0.164 e. The van der Waals surface area contributed by atoms with Crippen LogP contribution in [-0.4, -0.2) is 25.0 Å². The number of fused-ring (bicyclic) bond motifs is 1. The molecule has 0 saturated heterocycles. The van der Waals surface area contributed by atoms with Crippen molar-refractivity contribution in [2.75, 3.05) is 14.2 Å². The summed E-state index contributed by atoms with van der Waals surface area (Å²) in [5.41, 5.74) is 3.50. The van der Waals surface area contributed by atoms with E-state index >= 15 is 0 Å². The lowest BCUT2D eigenvalue weighted by atomic mass is 9.94. The van der Waals surface area contributed by atoms with E-state index < -0.39 is 0 Å². The monoisotopic (exact) mass is 309 g/mol. The Morgan fingerprint density at radius 2 is 1.74 bits per heavy atom. The number of hydrogen-bond acceptors (Lipinski definition) is 4. The highest BCUT2D eigenvalue weighted by Gasteiger charge is 2.17. The maximum absolute atomic E-state index is 11.8. The SMILES string of the molecule is COc1cc(/C=C/c2ccc3c(n2)CCCC3=O)cc(OC)c1. The molecule has 0 fully saturated rings. The summed E-state index contributed by atoms with van der Waals surface area (Å²) in [5.74, 6) is 1.69. The van der Waals surface area contributed by atoms with Gasteiger partial charge in [0.1, 0.15) is 11.5 Å². The van der Waals surface area contributed by atoms with E-state index in [0.717, 1.165) is 46.9 Å². The van der Waals surface area contributed by atoms with Crippen LogP contribution < -0.4 is 9.47 Å². The zero-order valence-electron chi connectivity index (χ0n) is 13.3. The summed E-state index contributed by atoms with van der Waals surface area (Å²) in [7, 11) is 3.26. The van der Waals surface area contributed by atoms with Crippen molar-refractivity contribution in [1.82, 2.24) is 4.98 Å². The highest BCUT2D eigenvalue weighted by Crippen LogP contribution is 2.24. The Kier molecular flexibility index (Phi) is 4.42. The second-order valence-corrected chi connectivity index (χ2v) is 5.49. The fourth-order valence-electron chi connectivity index (χ4n) is 2.71. The number of hydrogen-bond donors (Lipinski definition) is 0. The van der Waals surface area contributed by atoms with Crippen molar-refractivity contribution in [2.24, 2.45) is 0 Å². The molecule has 1 heterocycles. The first kappa shape index (κ1) is 15.3. The van der Waals surface area contributed by atoms with E-state index in [-0.39, 0.29) is 5.78 Å². The number of benzene rings is 1. The molecule has 0 unspecified atom stereocenters.